The minimum atomic E-state index is 0.0119. The summed E-state index contributed by atoms with van der Waals surface area (Å²) in [6, 6.07) is 10.00. The topological polar surface area (TPSA) is 57.8 Å². The first-order chi connectivity index (χ1) is 8.79. The van der Waals surface area contributed by atoms with Crippen LogP contribution in [0.15, 0.2) is 36.5 Å². The van der Waals surface area contributed by atoms with E-state index in [4.69, 9.17) is 0 Å². The Morgan fingerprint density at radius 1 is 1.33 bits per heavy atom. The second-order valence-corrected chi connectivity index (χ2v) is 4.16. The lowest BCUT2D eigenvalue weighted by molar-refractivity contribution is -0.116. The number of hydrogen-bond acceptors (Lipinski definition) is 2. The number of nitrogens with zero attached hydrogens (tertiary/aromatic N) is 1. The zero-order valence-electron chi connectivity index (χ0n) is 10.4. The Kier molecular flexibility index (Phi) is 4.12. The molecule has 0 unspecified atom stereocenters. The summed E-state index contributed by atoms with van der Waals surface area (Å²) in [4.78, 5) is 11.8. The van der Waals surface area contributed by atoms with Crippen LogP contribution >= 0.6 is 0 Å². The molecular weight excluding hydrogens is 226 g/mol. The molecule has 1 amide bonds. The highest BCUT2D eigenvalue weighted by atomic mass is 16.1. The van der Waals surface area contributed by atoms with Gasteiger partial charge in [-0.2, -0.15) is 5.10 Å². The average Bonchev–Trinajstić information content (AvgIpc) is 2.85. The van der Waals surface area contributed by atoms with Gasteiger partial charge in [-0.3, -0.25) is 9.89 Å². The Balaban J connectivity index is 1.86. The molecule has 1 aromatic carbocycles. The van der Waals surface area contributed by atoms with Crippen LogP contribution in [-0.2, 0) is 17.6 Å². The van der Waals surface area contributed by atoms with Crippen molar-refractivity contribution < 1.29 is 4.79 Å². The van der Waals surface area contributed by atoms with E-state index in [1.165, 1.54) is 5.56 Å². The largest absolute Gasteiger partial charge is 0.311 e. The Morgan fingerprint density at radius 2 is 2.11 bits per heavy atom. The standard InChI is InChI=1S/C14H17N3O/c1-2-12-10-15-17-14(12)16-13(18)9-8-11-6-4-3-5-7-11/h3-7,10H,2,8-9H2,1H3,(H2,15,16,17,18). The maximum absolute atomic E-state index is 11.8. The van der Waals surface area contributed by atoms with Crippen molar-refractivity contribution in [2.24, 2.45) is 0 Å². The Morgan fingerprint density at radius 3 is 2.83 bits per heavy atom. The molecule has 94 valence electrons. The molecule has 0 spiro atoms. The summed E-state index contributed by atoms with van der Waals surface area (Å²) >= 11 is 0. The van der Waals surface area contributed by atoms with Crippen molar-refractivity contribution in [1.29, 1.82) is 0 Å². The minimum absolute atomic E-state index is 0.0119. The summed E-state index contributed by atoms with van der Waals surface area (Å²) in [5.74, 6) is 0.730. The fraction of sp³-hybridized carbons (Fsp3) is 0.286. The number of carbonyl (C=O) groups excluding carboxylic acids is 1. The summed E-state index contributed by atoms with van der Waals surface area (Å²) in [7, 11) is 0. The third-order valence-corrected chi connectivity index (χ3v) is 2.85. The molecule has 2 rings (SSSR count). The molecule has 0 saturated heterocycles. The van der Waals surface area contributed by atoms with Gasteiger partial charge < -0.3 is 5.32 Å². The van der Waals surface area contributed by atoms with Crippen molar-refractivity contribution in [1.82, 2.24) is 10.2 Å². The van der Waals surface area contributed by atoms with Gasteiger partial charge in [-0.25, -0.2) is 0 Å². The lowest BCUT2D eigenvalue weighted by atomic mass is 10.1. The van der Waals surface area contributed by atoms with E-state index in [1.807, 2.05) is 37.3 Å². The third-order valence-electron chi connectivity index (χ3n) is 2.85. The fourth-order valence-electron chi connectivity index (χ4n) is 1.79. The highest BCUT2D eigenvalue weighted by Crippen LogP contribution is 2.12. The van der Waals surface area contributed by atoms with E-state index in [1.54, 1.807) is 6.20 Å². The van der Waals surface area contributed by atoms with Gasteiger partial charge in [-0.15, -0.1) is 0 Å². The molecule has 0 fully saturated rings. The molecule has 1 heterocycles. The van der Waals surface area contributed by atoms with E-state index in [-0.39, 0.29) is 5.91 Å². The molecule has 0 atom stereocenters. The molecule has 0 radical (unpaired) electrons. The Hall–Kier alpha value is -2.10. The number of aromatic amines is 1. The van der Waals surface area contributed by atoms with E-state index in [0.717, 1.165) is 24.2 Å². The van der Waals surface area contributed by atoms with Crippen LogP contribution in [0.4, 0.5) is 5.82 Å². The molecule has 1 aromatic heterocycles. The van der Waals surface area contributed by atoms with Crippen LogP contribution in [0.2, 0.25) is 0 Å². The van der Waals surface area contributed by atoms with Crippen molar-refractivity contribution >= 4 is 11.7 Å². The smallest absolute Gasteiger partial charge is 0.225 e. The molecule has 2 aromatic rings. The van der Waals surface area contributed by atoms with E-state index >= 15 is 0 Å². The molecule has 0 aliphatic rings. The van der Waals surface area contributed by atoms with Crippen molar-refractivity contribution in [3.63, 3.8) is 0 Å². The first-order valence-corrected chi connectivity index (χ1v) is 6.15. The number of rotatable bonds is 5. The summed E-state index contributed by atoms with van der Waals surface area (Å²) in [5, 5.41) is 9.58. The second kappa shape index (κ2) is 6.00. The molecule has 2 N–H and O–H groups in total. The van der Waals surface area contributed by atoms with Crippen molar-refractivity contribution in [3.05, 3.63) is 47.7 Å². The van der Waals surface area contributed by atoms with Crippen LogP contribution < -0.4 is 5.32 Å². The lowest BCUT2D eigenvalue weighted by Gasteiger charge is -2.04. The highest BCUT2D eigenvalue weighted by Gasteiger charge is 2.07. The molecule has 4 heteroatoms. The average molecular weight is 243 g/mol. The molecule has 4 nitrogen and oxygen atoms in total. The number of benzene rings is 1. The third kappa shape index (κ3) is 3.20. The monoisotopic (exact) mass is 243 g/mol. The summed E-state index contributed by atoms with van der Waals surface area (Å²) in [6.45, 7) is 2.03. The van der Waals surface area contributed by atoms with Crippen molar-refractivity contribution in [2.45, 2.75) is 26.2 Å². The zero-order valence-corrected chi connectivity index (χ0v) is 10.4. The van der Waals surface area contributed by atoms with Gasteiger partial charge in [0.1, 0.15) is 5.82 Å². The molecule has 0 bridgehead atoms. The molecule has 18 heavy (non-hydrogen) atoms. The first-order valence-electron chi connectivity index (χ1n) is 6.15. The van der Waals surface area contributed by atoms with Gasteiger partial charge in [0.2, 0.25) is 5.91 Å². The highest BCUT2D eigenvalue weighted by molar-refractivity contribution is 5.90. The van der Waals surface area contributed by atoms with E-state index in [2.05, 4.69) is 15.5 Å². The number of nitrogens with one attached hydrogen (secondary N) is 2. The van der Waals surface area contributed by atoms with Gasteiger partial charge >= 0.3 is 0 Å². The number of amides is 1. The fourth-order valence-corrected chi connectivity index (χ4v) is 1.79. The van der Waals surface area contributed by atoms with E-state index < -0.39 is 0 Å². The normalized spacial score (nSPS) is 10.3. The second-order valence-electron chi connectivity index (χ2n) is 4.16. The van der Waals surface area contributed by atoms with Crippen LogP contribution in [0, 0.1) is 0 Å². The predicted molar refractivity (Wildman–Crippen MR) is 71.4 cm³/mol. The maximum Gasteiger partial charge on any atom is 0.225 e. The lowest BCUT2D eigenvalue weighted by Crippen LogP contribution is -2.13. The summed E-state index contributed by atoms with van der Waals surface area (Å²) in [5.41, 5.74) is 2.20. The van der Waals surface area contributed by atoms with Gasteiger partial charge in [-0.1, -0.05) is 37.3 Å². The Bertz CT molecular complexity index is 505. The summed E-state index contributed by atoms with van der Waals surface area (Å²) in [6.07, 6.45) is 3.83. The zero-order chi connectivity index (χ0) is 12.8. The van der Waals surface area contributed by atoms with Crippen molar-refractivity contribution in [2.75, 3.05) is 5.32 Å². The Labute approximate surface area is 106 Å². The van der Waals surface area contributed by atoms with Crippen molar-refractivity contribution in [3.8, 4) is 0 Å². The molecule has 0 aliphatic carbocycles. The van der Waals surface area contributed by atoms with Crippen LogP contribution in [0.1, 0.15) is 24.5 Å². The van der Waals surface area contributed by atoms with Crippen LogP contribution in [0.5, 0.6) is 0 Å². The summed E-state index contributed by atoms with van der Waals surface area (Å²) < 4.78 is 0. The number of anilines is 1. The van der Waals surface area contributed by atoms with Gasteiger partial charge in [-0.05, 0) is 18.4 Å². The van der Waals surface area contributed by atoms with Crippen LogP contribution in [-0.4, -0.2) is 16.1 Å². The quantitative estimate of drug-likeness (QED) is 0.847. The van der Waals surface area contributed by atoms with Gasteiger partial charge in [0.05, 0.1) is 6.20 Å². The molecular formula is C14H17N3O. The number of aryl methyl sites for hydroxylation is 2. The SMILES string of the molecule is CCc1cn[nH]c1NC(=O)CCc1ccccc1. The van der Waals surface area contributed by atoms with E-state index in [9.17, 15) is 4.79 Å². The van der Waals surface area contributed by atoms with E-state index in [0.29, 0.717) is 6.42 Å². The molecule has 0 saturated carbocycles. The van der Waals surface area contributed by atoms with Gasteiger partial charge in [0.25, 0.3) is 0 Å². The number of carbonyl (C=O) groups is 1. The number of hydrogen-bond donors (Lipinski definition) is 2. The molecule has 0 aliphatic heterocycles. The maximum atomic E-state index is 11.8. The van der Waals surface area contributed by atoms with Crippen LogP contribution in [0.25, 0.3) is 0 Å². The first kappa shape index (κ1) is 12.4. The number of aromatic nitrogens is 2. The van der Waals surface area contributed by atoms with Gasteiger partial charge in [0.15, 0.2) is 0 Å². The van der Waals surface area contributed by atoms with Crippen LogP contribution in [0.3, 0.4) is 0 Å². The predicted octanol–water partition coefficient (Wildman–Crippen LogP) is 2.54. The minimum Gasteiger partial charge on any atom is -0.311 e. The van der Waals surface area contributed by atoms with Gasteiger partial charge in [0, 0.05) is 12.0 Å². The number of H-pyrrole nitrogens is 1.